The third kappa shape index (κ3) is 3.72. The van der Waals surface area contributed by atoms with Crippen molar-refractivity contribution in [3.8, 4) is 5.75 Å². The van der Waals surface area contributed by atoms with Gasteiger partial charge >= 0.3 is 0 Å². The van der Waals surface area contributed by atoms with Gasteiger partial charge in [0.25, 0.3) is 0 Å². The fourth-order valence-electron chi connectivity index (χ4n) is 3.65. The first-order valence-electron chi connectivity index (χ1n) is 8.96. The Morgan fingerprint density at radius 2 is 2.08 bits per heavy atom. The molecule has 0 unspecified atom stereocenters. The molecule has 1 aliphatic carbocycles. The molecule has 0 bridgehead atoms. The van der Waals surface area contributed by atoms with Crippen LogP contribution in [0.1, 0.15) is 64.0 Å². The lowest BCUT2D eigenvalue weighted by Gasteiger charge is -2.30. The summed E-state index contributed by atoms with van der Waals surface area (Å²) in [7, 11) is 0. The summed E-state index contributed by atoms with van der Waals surface area (Å²) in [6.07, 6.45) is 7.61. The van der Waals surface area contributed by atoms with E-state index in [9.17, 15) is 9.90 Å². The second-order valence-electron chi connectivity index (χ2n) is 7.72. The summed E-state index contributed by atoms with van der Waals surface area (Å²) in [5.41, 5.74) is 5.05. The Hall–Kier alpha value is -1.87. The molecule has 1 aromatic carbocycles. The molecule has 132 valence electrons. The third-order valence-corrected chi connectivity index (χ3v) is 6.38. The highest BCUT2D eigenvalue weighted by molar-refractivity contribution is 7.14. The second kappa shape index (κ2) is 6.80. The first-order chi connectivity index (χ1) is 11.8. The lowest BCUT2D eigenvalue weighted by Crippen LogP contribution is -2.22. The Balaban J connectivity index is 1.88. The molecule has 2 aromatic rings. The minimum Gasteiger partial charge on any atom is -0.508 e. The molecule has 3 rings (SSSR count). The average Bonchev–Trinajstić information content (AvgIpc) is 2.88. The standard InChI is InChI=1S/C22H26O2S/c1-5-15-12-17(23)8-6-16(15)7-9-20(24)21-18-10-11-22(3,4)13-19(18)14(2)25-21/h6-9,12,23H,5,10-11,13H2,1-4H3/b9-7+. The number of allylic oxidation sites excluding steroid dienone is 1. The fraction of sp³-hybridized carbons (Fsp3) is 0.409. The molecule has 0 aliphatic heterocycles. The van der Waals surface area contributed by atoms with Crippen LogP contribution in [-0.2, 0) is 19.3 Å². The monoisotopic (exact) mass is 354 g/mol. The zero-order chi connectivity index (χ0) is 18.2. The van der Waals surface area contributed by atoms with Crippen LogP contribution in [0.3, 0.4) is 0 Å². The Bertz CT molecular complexity index is 840. The molecular weight excluding hydrogens is 328 g/mol. The van der Waals surface area contributed by atoms with Crippen molar-refractivity contribution >= 4 is 23.2 Å². The maximum Gasteiger partial charge on any atom is 0.196 e. The van der Waals surface area contributed by atoms with Gasteiger partial charge in [0.1, 0.15) is 5.75 Å². The molecule has 2 nitrogen and oxygen atoms in total. The van der Waals surface area contributed by atoms with E-state index in [4.69, 9.17) is 0 Å². The number of rotatable bonds is 4. The number of aryl methyl sites for hydroxylation is 2. The highest BCUT2D eigenvalue weighted by Crippen LogP contribution is 2.41. The van der Waals surface area contributed by atoms with Gasteiger partial charge in [0.05, 0.1) is 4.88 Å². The molecule has 0 amide bonds. The van der Waals surface area contributed by atoms with E-state index >= 15 is 0 Å². The van der Waals surface area contributed by atoms with E-state index in [1.165, 1.54) is 16.0 Å². The van der Waals surface area contributed by atoms with E-state index in [0.29, 0.717) is 5.41 Å². The summed E-state index contributed by atoms with van der Waals surface area (Å²) in [6, 6.07) is 5.31. The second-order valence-corrected chi connectivity index (χ2v) is 8.94. The van der Waals surface area contributed by atoms with Crippen LogP contribution in [0.25, 0.3) is 6.08 Å². The first kappa shape index (κ1) is 17.9. The Morgan fingerprint density at radius 1 is 1.32 bits per heavy atom. The molecular formula is C22H26O2S. The minimum absolute atomic E-state index is 0.101. The Kier molecular flexibility index (Phi) is 4.88. The van der Waals surface area contributed by atoms with Crippen molar-refractivity contribution in [2.24, 2.45) is 5.41 Å². The van der Waals surface area contributed by atoms with Crippen molar-refractivity contribution in [3.05, 3.63) is 56.3 Å². The van der Waals surface area contributed by atoms with Crippen molar-refractivity contribution in [1.29, 1.82) is 0 Å². The van der Waals surface area contributed by atoms with Gasteiger partial charge in [-0.1, -0.05) is 32.9 Å². The molecule has 0 radical (unpaired) electrons. The normalized spacial score (nSPS) is 16.2. The van der Waals surface area contributed by atoms with Gasteiger partial charge in [-0.25, -0.2) is 0 Å². The van der Waals surface area contributed by atoms with Gasteiger partial charge in [-0.3, -0.25) is 4.79 Å². The molecule has 0 saturated carbocycles. The Labute approximate surface area is 154 Å². The van der Waals surface area contributed by atoms with E-state index in [1.54, 1.807) is 29.5 Å². The van der Waals surface area contributed by atoms with Crippen molar-refractivity contribution < 1.29 is 9.90 Å². The van der Waals surface area contributed by atoms with E-state index in [2.05, 4.69) is 27.7 Å². The molecule has 0 atom stereocenters. The van der Waals surface area contributed by atoms with Gasteiger partial charge in [0.2, 0.25) is 0 Å². The van der Waals surface area contributed by atoms with Crippen LogP contribution in [0.15, 0.2) is 24.3 Å². The number of benzene rings is 1. The number of hydrogen-bond donors (Lipinski definition) is 1. The summed E-state index contributed by atoms with van der Waals surface area (Å²) in [6.45, 7) is 8.81. The predicted octanol–water partition coefficient (Wildman–Crippen LogP) is 5.74. The molecule has 1 N–H and O–H groups in total. The molecule has 3 heteroatoms. The Morgan fingerprint density at radius 3 is 2.80 bits per heavy atom. The summed E-state index contributed by atoms with van der Waals surface area (Å²) in [5, 5.41) is 9.61. The van der Waals surface area contributed by atoms with Gasteiger partial charge in [-0.05, 0) is 78.5 Å². The number of phenolic OH excluding ortho intramolecular Hbond substituents is 1. The van der Waals surface area contributed by atoms with Crippen LogP contribution >= 0.6 is 11.3 Å². The maximum atomic E-state index is 12.8. The zero-order valence-electron chi connectivity index (χ0n) is 15.5. The summed E-state index contributed by atoms with van der Waals surface area (Å²) >= 11 is 1.65. The van der Waals surface area contributed by atoms with Crippen LogP contribution in [0, 0.1) is 12.3 Å². The molecule has 1 aliphatic rings. The number of fused-ring (bicyclic) bond motifs is 1. The largest absolute Gasteiger partial charge is 0.508 e. The number of hydrogen-bond acceptors (Lipinski definition) is 3. The number of carbonyl (C=O) groups is 1. The molecule has 1 heterocycles. The fourth-order valence-corrected chi connectivity index (χ4v) is 4.79. The number of carbonyl (C=O) groups excluding carboxylic acids is 1. The lowest BCUT2D eigenvalue weighted by molar-refractivity contribution is 0.105. The predicted molar refractivity (Wildman–Crippen MR) is 106 cm³/mol. The van der Waals surface area contributed by atoms with Gasteiger partial charge in [0, 0.05) is 4.88 Å². The zero-order valence-corrected chi connectivity index (χ0v) is 16.3. The molecule has 0 spiro atoms. The van der Waals surface area contributed by atoms with Crippen LogP contribution < -0.4 is 0 Å². The highest BCUT2D eigenvalue weighted by atomic mass is 32.1. The molecule has 0 fully saturated rings. The summed E-state index contributed by atoms with van der Waals surface area (Å²) < 4.78 is 0. The van der Waals surface area contributed by atoms with Gasteiger partial charge < -0.3 is 5.11 Å². The van der Waals surface area contributed by atoms with Gasteiger partial charge in [0.15, 0.2) is 5.78 Å². The van der Waals surface area contributed by atoms with Crippen LogP contribution in [-0.4, -0.2) is 10.9 Å². The quantitative estimate of drug-likeness (QED) is 0.562. The summed E-state index contributed by atoms with van der Waals surface area (Å²) in [5.74, 6) is 0.370. The van der Waals surface area contributed by atoms with E-state index in [0.717, 1.165) is 41.7 Å². The SMILES string of the molecule is CCc1cc(O)ccc1/C=C/C(=O)c1sc(C)c2c1CCC(C)(C)C2. The van der Waals surface area contributed by atoms with Crippen molar-refractivity contribution in [1.82, 2.24) is 0 Å². The number of phenols is 1. The molecule has 0 saturated heterocycles. The van der Waals surface area contributed by atoms with E-state index < -0.39 is 0 Å². The first-order valence-corrected chi connectivity index (χ1v) is 9.78. The van der Waals surface area contributed by atoms with E-state index in [-0.39, 0.29) is 11.5 Å². The number of aromatic hydroxyl groups is 1. The van der Waals surface area contributed by atoms with Crippen molar-refractivity contribution in [2.45, 2.75) is 53.4 Å². The molecule has 1 aromatic heterocycles. The minimum atomic E-state index is 0.101. The van der Waals surface area contributed by atoms with Crippen LogP contribution in [0.2, 0.25) is 0 Å². The van der Waals surface area contributed by atoms with Crippen LogP contribution in [0.4, 0.5) is 0 Å². The van der Waals surface area contributed by atoms with E-state index in [1.807, 2.05) is 12.1 Å². The van der Waals surface area contributed by atoms with Crippen molar-refractivity contribution in [3.63, 3.8) is 0 Å². The average molecular weight is 355 g/mol. The number of ketones is 1. The topological polar surface area (TPSA) is 37.3 Å². The molecule has 25 heavy (non-hydrogen) atoms. The number of thiophene rings is 1. The lowest BCUT2D eigenvalue weighted by atomic mass is 9.74. The van der Waals surface area contributed by atoms with Crippen LogP contribution in [0.5, 0.6) is 5.75 Å². The van der Waals surface area contributed by atoms with Crippen molar-refractivity contribution in [2.75, 3.05) is 0 Å². The smallest absolute Gasteiger partial charge is 0.196 e. The third-order valence-electron chi connectivity index (χ3n) is 5.17. The highest BCUT2D eigenvalue weighted by Gasteiger charge is 2.30. The maximum absolute atomic E-state index is 12.8. The summed E-state index contributed by atoms with van der Waals surface area (Å²) in [4.78, 5) is 15.0. The van der Waals surface area contributed by atoms with Gasteiger partial charge in [-0.15, -0.1) is 11.3 Å². The van der Waals surface area contributed by atoms with Gasteiger partial charge in [-0.2, -0.15) is 0 Å².